The van der Waals surface area contributed by atoms with Crippen LogP contribution < -0.4 is 5.32 Å². The summed E-state index contributed by atoms with van der Waals surface area (Å²) in [5.74, 6) is -0.621. The number of fused-ring (bicyclic) bond motifs is 1. The van der Waals surface area contributed by atoms with Gasteiger partial charge in [0.15, 0.2) is 0 Å². The van der Waals surface area contributed by atoms with Gasteiger partial charge in [0.1, 0.15) is 6.04 Å². The lowest BCUT2D eigenvalue weighted by molar-refractivity contribution is -0.139. The Morgan fingerprint density at radius 2 is 2.15 bits per heavy atom. The second-order valence-electron chi connectivity index (χ2n) is 4.29. The molecule has 1 amide bonds. The van der Waals surface area contributed by atoms with E-state index in [0.717, 1.165) is 10.1 Å². The number of amides is 1. The Bertz CT molecular complexity index is 624. The highest BCUT2D eigenvalue weighted by atomic mass is 32.2. The molecule has 0 aliphatic heterocycles. The minimum absolute atomic E-state index is 0.323. The summed E-state index contributed by atoms with van der Waals surface area (Å²) in [6.07, 6.45) is 2.33. The van der Waals surface area contributed by atoms with E-state index in [4.69, 9.17) is 5.11 Å². The molecule has 2 rings (SSSR count). The number of carboxylic acid groups (broad SMARTS) is 1. The molecule has 0 aliphatic carbocycles. The molecule has 1 atom stereocenters. The molecule has 0 saturated carbocycles. The maximum atomic E-state index is 12.2. The molecule has 4 nitrogen and oxygen atoms in total. The van der Waals surface area contributed by atoms with Crippen LogP contribution in [0.15, 0.2) is 29.6 Å². The van der Waals surface area contributed by atoms with Gasteiger partial charge in [-0.05, 0) is 24.5 Å². The average Bonchev–Trinajstić information content (AvgIpc) is 2.87. The maximum Gasteiger partial charge on any atom is 0.326 e. The molecule has 0 bridgehead atoms. The minimum atomic E-state index is -0.994. The molecule has 0 fully saturated rings. The van der Waals surface area contributed by atoms with Crippen molar-refractivity contribution in [3.8, 4) is 0 Å². The number of thiophene rings is 1. The lowest BCUT2D eigenvalue weighted by Crippen LogP contribution is -2.41. The number of thioether (sulfide) groups is 1. The first-order valence-corrected chi connectivity index (χ1v) is 8.39. The second kappa shape index (κ2) is 6.76. The predicted octanol–water partition coefficient (Wildman–Crippen LogP) is 2.84. The fraction of sp³-hybridized carbons (Fsp3) is 0.286. The Morgan fingerprint density at radius 1 is 1.40 bits per heavy atom. The fourth-order valence-electron chi connectivity index (χ4n) is 1.88. The summed E-state index contributed by atoms with van der Waals surface area (Å²) in [6.45, 7) is 0. The third-order valence-corrected chi connectivity index (χ3v) is 4.55. The number of hydrogen-bond acceptors (Lipinski definition) is 4. The molecule has 1 aromatic heterocycles. The maximum absolute atomic E-state index is 12.2. The zero-order valence-electron chi connectivity index (χ0n) is 11.0. The Labute approximate surface area is 125 Å². The fourth-order valence-corrected chi connectivity index (χ4v) is 3.30. The summed E-state index contributed by atoms with van der Waals surface area (Å²) in [7, 11) is 0. The molecule has 1 heterocycles. The standard InChI is InChI=1S/C14H15NO3S2/c1-19-7-6-11(14(17)18)15-13(16)10-8-20-12-5-3-2-4-9(10)12/h2-5,8,11H,6-7H2,1H3,(H,15,16)(H,17,18)/t11-/m0/s1. The number of nitrogens with one attached hydrogen (secondary N) is 1. The largest absolute Gasteiger partial charge is 0.480 e. The molecule has 2 N–H and O–H groups in total. The van der Waals surface area contributed by atoms with Crippen molar-refractivity contribution in [2.24, 2.45) is 0 Å². The van der Waals surface area contributed by atoms with E-state index in [2.05, 4.69) is 5.32 Å². The number of benzene rings is 1. The topological polar surface area (TPSA) is 66.4 Å². The molecule has 6 heteroatoms. The summed E-state index contributed by atoms with van der Waals surface area (Å²) in [5, 5.41) is 14.4. The third kappa shape index (κ3) is 3.32. The number of carboxylic acids is 1. The van der Waals surface area contributed by atoms with Crippen LogP contribution in [-0.4, -0.2) is 35.0 Å². The zero-order valence-corrected chi connectivity index (χ0v) is 12.6. The van der Waals surface area contributed by atoms with Crippen LogP contribution in [0.5, 0.6) is 0 Å². The van der Waals surface area contributed by atoms with E-state index in [0.29, 0.717) is 17.7 Å². The van der Waals surface area contributed by atoms with Crippen LogP contribution >= 0.6 is 23.1 Å². The molecule has 0 radical (unpaired) electrons. The van der Waals surface area contributed by atoms with Gasteiger partial charge in [-0.25, -0.2) is 4.79 Å². The van der Waals surface area contributed by atoms with Gasteiger partial charge in [0.25, 0.3) is 5.91 Å². The van der Waals surface area contributed by atoms with Gasteiger partial charge in [-0.15, -0.1) is 11.3 Å². The minimum Gasteiger partial charge on any atom is -0.480 e. The van der Waals surface area contributed by atoms with Gasteiger partial charge in [0, 0.05) is 15.5 Å². The molecule has 2 aromatic rings. The van der Waals surface area contributed by atoms with E-state index < -0.39 is 12.0 Å². The van der Waals surface area contributed by atoms with E-state index in [-0.39, 0.29) is 5.91 Å². The summed E-state index contributed by atoms with van der Waals surface area (Å²) < 4.78 is 1.02. The van der Waals surface area contributed by atoms with Crippen LogP contribution in [0.1, 0.15) is 16.8 Å². The predicted molar refractivity (Wildman–Crippen MR) is 83.7 cm³/mol. The van der Waals surface area contributed by atoms with Crippen LogP contribution in [-0.2, 0) is 4.79 Å². The number of carbonyl (C=O) groups excluding carboxylic acids is 1. The third-order valence-electron chi connectivity index (χ3n) is 2.94. The molecular weight excluding hydrogens is 294 g/mol. The highest BCUT2D eigenvalue weighted by molar-refractivity contribution is 7.98. The smallest absolute Gasteiger partial charge is 0.326 e. The van der Waals surface area contributed by atoms with Crippen molar-refractivity contribution in [1.82, 2.24) is 5.32 Å². The quantitative estimate of drug-likeness (QED) is 0.861. The van der Waals surface area contributed by atoms with Crippen LogP contribution in [0.4, 0.5) is 0 Å². The van der Waals surface area contributed by atoms with Gasteiger partial charge in [0.05, 0.1) is 5.56 Å². The number of hydrogen-bond donors (Lipinski definition) is 2. The highest BCUT2D eigenvalue weighted by Gasteiger charge is 2.21. The van der Waals surface area contributed by atoms with Crippen molar-refractivity contribution in [3.05, 3.63) is 35.2 Å². The van der Waals surface area contributed by atoms with E-state index in [1.165, 1.54) is 11.3 Å². The zero-order chi connectivity index (χ0) is 14.5. The molecule has 0 aliphatic rings. The van der Waals surface area contributed by atoms with Gasteiger partial charge in [-0.2, -0.15) is 11.8 Å². The van der Waals surface area contributed by atoms with Crippen LogP contribution in [0.3, 0.4) is 0 Å². The van der Waals surface area contributed by atoms with Crippen LogP contribution in [0.25, 0.3) is 10.1 Å². The monoisotopic (exact) mass is 309 g/mol. The van der Waals surface area contributed by atoms with Crippen molar-refractivity contribution in [1.29, 1.82) is 0 Å². The summed E-state index contributed by atoms with van der Waals surface area (Å²) in [5.41, 5.74) is 0.543. The lowest BCUT2D eigenvalue weighted by atomic mass is 10.1. The van der Waals surface area contributed by atoms with E-state index in [9.17, 15) is 9.59 Å². The first kappa shape index (κ1) is 14.9. The Morgan fingerprint density at radius 3 is 2.85 bits per heavy atom. The average molecular weight is 309 g/mol. The first-order valence-electron chi connectivity index (χ1n) is 6.12. The van der Waals surface area contributed by atoms with Crippen LogP contribution in [0, 0.1) is 0 Å². The van der Waals surface area contributed by atoms with Crippen molar-refractivity contribution in [2.45, 2.75) is 12.5 Å². The molecule has 0 spiro atoms. The van der Waals surface area contributed by atoms with Gasteiger partial charge >= 0.3 is 5.97 Å². The number of rotatable bonds is 6. The molecule has 0 unspecified atom stereocenters. The SMILES string of the molecule is CSCC[C@H](NC(=O)c1csc2ccccc12)C(=O)O. The van der Waals surface area contributed by atoms with E-state index >= 15 is 0 Å². The second-order valence-corrected chi connectivity index (χ2v) is 6.19. The van der Waals surface area contributed by atoms with Gasteiger partial charge in [-0.3, -0.25) is 4.79 Å². The summed E-state index contributed by atoms with van der Waals surface area (Å²) >= 11 is 3.05. The van der Waals surface area contributed by atoms with Gasteiger partial charge in [0.2, 0.25) is 0 Å². The number of aliphatic carboxylic acids is 1. The van der Waals surface area contributed by atoms with Crippen LogP contribution in [0.2, 0.25) is 0 Å². The van der Waals surface area contributed by atoms with Gasteiger partial charge < -0.3 is 10.4 Å². The Balaban J connectivity index is 2.16. The van der Waals surface area contributed by atoms with Gasteiger partial charge in [-0.1, -0.05) is 18.2 Å². The summed E-state index contributed by atoms with van der Waals surface area (Å²) in [6, 6.07) is 6.76. The highest BCUT2D eigenvalue weighted by Crippen LogP contribution is 2.25. The normalized spacial score (nSPS) is 12.2. The van der Waals surface area contributed by atoms with Crippen molar-refractivity contribution < 1.29 is 14.7 Å². The van der Waals surface area contributed by atoms with E-state index in [1.807, 2.05) is 30.5 Å². The number of carbonyl (C=O) groups is 2. The van der Waals surface area contributed by atoms with Crippen molar-refractivity contribution in [3.63, 3.8) is 0 Å². The molecule has 106 valence electrons. The first-order chi connectivity index (χ1) is 9.63. The Hall–Kier alpha value is -1.53. The van der Waals surface area contributed by atoms with E-state index in [1.54, 1.807) is 17.1 Å². The molecular formula is C14H15NO3S2. The summed E-state index contributed by atoms with van der Waals surface area (Å²) in [4.78, 5) is 23.4. The lowest BCUT2D eigenvalue weighted by Gasteiger charge is -2.13. The Kier molecular flexibility index (Phi) is 5.03. The molecule has 20 heavy (non-hydrogen) atoms. The molecule has 1 aromatic carbocycles. The van der Waals surface area contributed by atoms with Crippen molar-refractivity contribution >= 4 is 45.1 Å². The van der Waals surface area contributed by atoms with Crippen molar-refractivity contribution in [2.75, 3.05) is 12.0 Å². The molecule has 0 saturated heterocycles.